The highest BCUT2D eigenvalue weighted by Crippen LogP contribution is 2.12. The number of rotatable bonds is 7. The van der Waals surface area contributed by atoms with E-state index in [0.29, 0.717) is 16.4 Å². The number of amides is 2. The molecule has 0 aliphatic carbocycles. The van der Waals surface area contributed by atoms with Gasteiger partial charge in [-0.25, -0.2) is 9.78 Å². The molecule has 0 unspecified atom stereocenters. The molecule has 0 saturated heterocycles. The first-order valence-corrected chi connectivity index (χ1v) is 10.2. The Kier molecular flexibility index (Phi) is 8.65. The van der Waals surface area contributed by atoms with E-state index in [1.165, 1.54) is 18.4 Å². The van der Waals surface area contributed by atoms with Gasteiger partial charge in [-0.1, -0.05) is 6.07 Å². The fourth-order valence-corrected chi connectivity index (χ4v) is 3.17. The fourth-order valence-electron chi connectivity index (χ4n) is 1.84. The van der Waals surface area contributed by atoms with Gasteiger partial charge in [0.1, 0.15) is 0 Å². The summed E-state index contributed by atoms with van der Waals surface area (Å²) in [5, 5.41) is 7.88. The molecule has 9 nitrogen and oxygen atoms in total. The van der Waals surface area contributed by atoms with E-state index in [-0.39, 0.29) is 28.4 Å². The second-order valence-corrected chi connectivity index (χ2v) is 7.37. The summed E-state index contributed by atoms with van der Waals surface area (Å²) >= 11 is 7.55. The van der Waals surface area contributed by atoms with E-state index in [9.17, 15) is 14.4 Å². The van der Waals surface area contributed by atoms with E-state index in [0.717, 1.165) is 11.8 Å². The van der Waals surface area contributed by atoms with Crippen LogP contribution in [0.1, 0.15) is 10.4 Å². The van der Waals surface area contributed by atoms with Gasteiger partial charge in [0.15, 0.2) is 10.2 Å². The number of hydrogen-bond donors (Lipinski definition) is 4. The Morgan fingerprint density at radius 3 is 2.68 bits per heavy atom. The van der Waals surface area contributed by atoms with Crippen LogP contribution < -0.4 is 21.5 Å². The van der Waals surface area contributed by atoms with Gasteiger partial charge in [0.05, 0.1) is 24.2 Å². The molecule has 28 heavy (non-hydrogen) atoms. The molecule has 0 fully saturated rings. The normalized spacial score (nSPS) is 9.89. The van der Waals surface area contributed by atoms with Crippen LogP contribution in [0.25, 0.3) is 0 Å². The summed E-state index contributed by atoms with van der Waals surface area (Å²) in [5.74, 6) is -0.857. The number of methoxy groups -OCH3 is 1. The van der Waals surface area contributed by atoms with Crippen molar-refractivity contribution in [2.45, 2.75) is 0 Å². The van der Waals surface area contributed by atoms with E-state index in [2.05, 4.69) is 31.2 Å². The molecule has 148 valence electrons. The number of thiazole rings is 1. The van der Waals surface area contributed by atoms with Gasteiger partial charge in [-0.15, -0.1) is 23.1 Å². The van der Waals surface area contributed by atoms with Crippen LogP contribution in [0, 0.1) is 0 Å². The first-order chi connectivity index (χ1) is 13.5. The molecule has 0 radical (unpaired) electrons. The highest BCUT2D eigenvalue weighted by Gasteiger charge is 2.09. The predicted molar refractivity (Wildman–Crippen MR) is 113 cm³/mol. The molecule has 12 heteroatoms. The third kappa shape index (κ3) is 7.50. The zero-order chi connectivity index (χ0) is 20.4. The van der Waals surface area contributed by atoms with Crippen LogP contribution in [0.5, 0.6) is 0 Å². The van der Waals surface area contributed by atoms with E-state index < -0.39 is 5.97 Å². The van der Waals surface area contributed by atoms with E-state index in [4.69, 9.17) is 12.2 Å². The predicted octanol–water partition coefficient (Wildman–Crippen LogP) is 1.62. The largest absolute Gasteiger partial charge is 0.465 e. The monoisotopic (exact) mass is 439 g/mol. The lowest BCUT2D eigenvalue weighted by Crippen LogP contribution is -2.44. The van der Waals surface area contributed by atoms with Crippen molar-refractivity contribution in [3.8, 4) is 0 Å². The number of nitrogens with one attached hydrogen (secondary N) is 4. The van der Waals surface area contributed by atoms with Gasteiger partial charge in [0.25, 0.3) is 0 Å². The molecule has 0 atom stereocenters. The van der Waals surface area contributed by atoms with Crippen molar-refractivity contribution in [3.63, 3.8) is 0 Å². The van der Waals surface area contributed by atoms with Crippen LogP contribution in [-0.2, 0) is 14.3 Å². The van der Waals surface area contributed by atoms with Gasteiger partial charge in [-0.3, -0.25) is 20.4 Å². The number of ether oxygens (including phenoxy) is 1. The number of esters is 1. The van der Waals surface area contributed by atoms with Crippen LogP contribution in [0.4, 0.5) is 10.8 Å². The van der Waals surface area contributed by atoms with Crippen molar-refractivity contribution in [2.75, 3.05) is 29.2 Å². The Labute approximate surface area is 174 Å². The summed E-state index contributed by atoms with van der Waals surface area (Å²) in [7, 11) is 1.30. The Morgan fingerprint density at radius 2 is 1.96 bits per heavy atom. The molecule has 4 N–H and O–H groups in total. The van der Waals surface area contributed by atoms with E-state index in [1.54, 1.807) is 35.8 Å². The van der Waals surface area contributed by atoms with Crippen molar-refractivity contribution >= 4 is 69.0 Å². The van der Waals surface area contributed by atoms with Crippen LogP contribution >= 0.6 is 35.3 Å². The number of hydrogen-bond acceptors (Lipinski definition) is 8. The van der Waals surface area contributed by atoms with Crippen molar-refractivity contribution in [1.82, 2.24) is 15.8 Å². The molecule has 2 aromatic rings. The first kappa shape index (κ1) is 21.6. The van der Waals surface area contributed by atoms with Crippen LogP contribution in [0.15, 0.2) is 35.8 Å². The minimum atomic E-state index is -0.466. The topological polar surface area (TPSA) is 121 Å². The third-order valence-electron chi connectivity index (χ3n) is 3.00. The van der Waals surface area contributed by atoms with Gasteiger partial charge < -0.3 is 15.4 Å². The summed E-state index contributed by atoms with van der Waals surface area (Å²) < 4.78 is 4.65. The Bertz CT molecular complexity index is 845. The zero-order valence-corrected chi connectivity index (χ0v) is 17.1. The number of carbonyl (C=O) groups excluding carboxylic acids is 3. The van der Waals surface area contributed by atoms with Crippen LogP contribution in [0.3, 0.4) is 0 Å². The van der Waals surface area contributed by atoms with Gasteiger partial charge in [0.2, 0.25) is 11.8 Å². The Morgan fingerprint density at radius 1 is 1.18 bits per heavy atom. The molecule has 1 aromatic carbocycles. The second-order valence-electron chi connectivity index (χ2n) is 5.08. The quantitative estimate of drug-likeness (QED) is 0.290. The molecule has 2 rings (SSSR count). The van der Waals surface area contributed by atoms with Crippen molar-refractivity contribution in [3.05, 3.63) is 41.4 Å². The fraction of sp³-hybridized carbons (Fsp3) is 0.188. The number of hydrazine groups is 1. The molecule has 1 aromatic heterocycles. The Balaban J connectivity index is 1.66. The average molecular weight is 440 g/mol. The number of nitrogens with zero attached hydrogens (tertiary/aromatic N) is 1. The highest BCUT2D eigenvalue weighted by molar-refractivity contribution is 8.00. The molecular weight excluding hydrogens is 422 g/mol. The summed E-state index contributed by atoms with van der Waals surface area (Å²) in [6.45, 7) is 0. The molecule has 0 aliphatic heterocycles. The SMILES string of the molecule is COC(=O)c1cccc(NC(=S)NNC(=O)CSCC(=O)Nc2nccs2)c1. The summed E-state index contributed by atoms with van der Waals surface area (Å²) in [6, 6.07) is 6.55. The minimum Gasteiger partial charge on any atom is -0.465 e. The number of aromatic nitrogens is 1. The van der Waals surface area contributed by atoms with Crippen LogP contribution in [-0.4, -0.2) is 46.5 Å². The number of benzene rings is 1. The van der Waals surface area contributed by atoms with E-state index in [1.807, 2.05) is 0 Å². The molecule has 0 spiro atoms. The lowest BCUT2D eigenvalue weighted by molar-refractivity contribution is -0.119. The zero-order valence-electron chi connectivity index (χ0n) is 14.7. The lowest BCUT2D eigenvalue weighted by Gasteiger charge is -2.12. The Hall–Kier alpha value is -2.70. The van der Waals surface area contributed by atoms with Gasteiger partial charge >= 0.3 is 5.97 Å². The maximum atomic E-state index is 11.8. The summed E-state index contributed by atoms with van der Waals surface area (Å²) in [4.78, 5) is 38.9. The summed E-state index contributed by atoms with van der Waals surface area (Å²) in [5.41, 5.74) is 5.90. The van der Waals surface area contributed by atoms with Gasteiger partial charge in [-0.2, -0.15) is 0 Å². The minimum absolute atomic E-state index is 0.0682. The van der Waals surface area contributed by atoms with Crippen molar-refractivity contribution in [2.24, 2.45) is 0 Å². The maximum absolute atomic E-state index is 11.8. The third-order valence-corrected chi connectivity index (χ3v) is 4.83. The molecule has 0 aliphatic rings. The number of carbonyl (C=O) groups is 3. The highest BCUT2D eigenvalue weighted by atomic mass is 32.2. The summed E-state index contributed by atoms with van der Waals surface area (Å²) in [6.07, 6.45) is 1.59. The maximum Gasteiger partial charge on any atom is 0.337 e. The number of thioether (sulfide) groups is 1. The van der Waals surface area contributed by atoms with Gasteiger partial charge in [-0.05, 0) is 30.4 Å². The lowest BCUT2D eigenvalue weighted by atomic mass is 10.2. The van der Waals surface area contributed by atoms with E-state index >= 15 is 0 Å². The number of thiocarbonyl (C=S) groups is 1. The number of anilines is 2. The van der Waals surface area contributed by atoms with Gasteiger partial charge in [0, 0.05) is 17.3 Å². The molecular formula is C16H17N5O4S3. The van der Waals surface area contributed by atoms with Crippen LogP contribution in [0.2, 0.25) is 0 Å². The average Bonchev–Trinajstić information content (AvgIpc) is 3.19. The molecule has 0 bridgehead atoms. The molecule has 0 saturated carbocycles. The second kappa shape index (κ2) is 11.2. The standard InChI is InChI=1S/C16H17N5O4S3/c1-25-14(24)10-3-2-4-11(7-10)18-15(26)21-20-13(23)9-27-8-12(22)19-16-17-5-6-28-16/h2-7H,8-9H2,1H3,(H,20,23)(H,17,19,22)(H2,18,21,26). The smallest absolute Gasteiger partial charge is 0.337 e. The van der Waals surface area contributed by atoms with Crippen molar-refractivity contribution in [1.29, 1.82) is 0 Å². The first-order valence-electron chi connectivity index (χ1n) is 7.79. The molecule has 2 amide bonds. The van der Waals surface area contributed by atoms with Crippen molar-refractivity contribution < 1.29 is 19.1 Å². The molecule has 1 heterocycles.